The van der Waals surface area contributed by atoms with Gasteiger partial charge in [0.1, 0.15) is 42.7 Å². The molecule has 0 aromatic rings. The van der Waals surface area contributed by atoms with E-state index in [1.165, 1.54) is 103 Å². The van der Waals surface area contributed by atoms with Crippen molar-refractivity contribution in [1.82, 2.24) is 0 Å². The van der Waals surface area contributed by atoms with Crippen molar-refractivity contribution < 1.29 is 58.3 Å². The largest absolute Gasteiger partial charge is 0.472 e. The molecule has 0 aromatic carbocycles. The topological polar surface area (TPSA) is 192 Å². The van der Waals surface area contributed by atoms with E-state index in [4.69, 9.17) is 18.5 Å². The van der Waals surface area contributed by atoms with Gasteiger partial charge in [0.2, 0.25) is 0 Å². The van der Waals surface area contributed by atoms with Gasteiger partial charge in [-0.15, -0.1) is 0 Å². The summed E-state index contributed by atoms with van der Waals surface area (Å²) in [4.78, 5) is 23.1. The van der Waals surface area contributed by atoms with Gasteiger partial charge in [0.25, 0.3) is 0 Å². The van der Waals surface area contributed by atoms with Crippen LogP contribution in [0, 0.1) is 0 Å². The van der Waals surface area contributed by atoms with E-state index in [0.29, 0.717) is 13.0 Å². The Kier molecular flexibility index (Phi) is 35.0. The van der Waals surface area contributed by atoms with Crippen molar-refractivity contribution in [3.05, 3.63) is 36.5 Å². The number of ether oxygens (including phenoxy) is 2. The number of phosphoric ester groups is 1. The maximum atomic E-state index is 12.8. The fourth-order valence-corrected chi connectivity index (χ4v) is 8.05. The lowest BCUT2D eigenvalue weighted by Gasteiger charge is -2.41. The van der Waals surface area contributed by atoms with Crippen LogP contribution < -0.4 is 0 Å². The molecule has 1 aliphatic carbocycles. The predicted octanol–water partition coefficient (Wildman–Crippen LogP) is 9.48. The van der Waals surface area contributed by atoms with Crippen molar-refractivity contribution in [3.8, 4) is 0 Å². The standard InChI is InChI=1S/C46H85O12P/c1-3-5-7-9-11-13-15-17-18-19-20-21-22-24-26-28-30-32-34-36-55-37-39(38-56-59(53,54)58-46-44(51)42(49)41(48)43(50)45(46)52)57-40(47)35-33-31-29-27-25-23-16-14-12-10-8-6-4-2/h6,8,12,14,23,25,39,41-46,48-52H,3-5,7,9-11,13,15-22,24,26-38H2,1-2H3,(H,53,54)/b8-6-,14-12-,25-23-. The molecule has 0 amide bonds. The first-order chi connectivity index (χ1) is 28.5. The highest BCUT2D eigenvalue weighted by Gasteiger charge is 2.51. The van der Waals surface area contributed by atoms with Crippen LogP contribution >= 0.6 is 7.82 Å². The van der Waals surface area contributed by atoms with Crippen LogP contribution in [0.25, 0.3) is 0 Å². The first kappa shape index (κ1) is 55.6. The smallest absolute Gasteiger partial charge is 0.457 e. The Labute approximate surface area is 357 Å². The third kappa shape index (κ3) is 29.5. The fraction of sp³-hybridized carbons (Fsp3) is 0.848. The van der Waals surface area contributed by atoms with Gasteiger partial charge < -0.3 is 39.9 Å². The average molecular weight is 861 g/mol. The lowest BCUT2D eigenvalue weighted by atomic mass is 9.85. The number of hydrogen-bond donors (Lipinski definition) is 6. The van der Waals surface area contributed by atoms with Crippen LogP contribution in [0.15, 0.2) is 36.5 Å². The third-order valence-corrected chi connectivity index (χ3v) is 11.8. The van der Waals surface area contributed by atoms with Crippen LogP contribution in [0.3, 0.4) is 0 Å². The Bertz CT molecular complexity index is 1120. The Balaban J connectivity index is 2.37. The van der Waals surface area contributed by atoms with E-state index in [9.17, 15) is 39.8 Å². The summed E-state index contributed by atoms with van der Waals surface area (Å²) in [6.07, 6.45) is 30.8. The van der Waals surface area contributed by atoms with Gasteiger partial charge in [-0.2, -0.15) is 0 Å². The molecule has 0 aromatic heterocycles. The molecule has 1 fully saturated rings. The summed E-state index contributed by atoms with van der Waals surface area (Å²) in [5, 5.41) is 50.1. The molecular formula is C46H85O12P. The second kappa shape index (κ2) is 37.1. The van der Waals surface area contributed by atoms with Crippen LogP contribution in [0.4, 0.5) is 0 Å². The molecule has 13 heteroatoms. The predicted molar refractivity (Wildman–Crippen MR) is 235 cm³/mol. The normalized spacial score (nSPS) is 22.8. The van der Waals surface area contributed by atoms with E-state index >= 15 is 0 Å². The van der Waals surface area contributed by atoms with Crippen LogP contribution in [0.1, 0.15) is 187 Å². The van der Waals surface area contributed by atoms with Crippen molar-refractivity contribution in [2.45, 2.75) is 230 Å². The highest BCUT2D eigenvalue weighted by atomic mass is 31.2. The Hall–Kier alpha value is -1.44. The van der Waals surface area contributed by atoms with E-state index < -0.39 is 63.1 Å². The van der Waals surface area contributed by atoms with E-state index in [1.54, 1.807) is 0 Å². The van der Waals surface area contributed by atoms with Crippen LogP contribution in [0.5, 0.6) is 0 Å². The molecule has 346 valence electrons. The van der Waals surface area contributed by atoms with Crippen LogP contribution in [-0.2, 0) is 27.9 Å². The zero-order chi connectivity index (χ0) is 43.4. The number of unbranched alkanes of at least 4 members (excludes halogenated alkanes) is 21. The van der Waals surface area contributed by atoms with Gasteiger partial charge in [-0.05, 0) is 44.9 Å². The number of aliphatic hydroxyl groups excluding tert-OH is 5. The number of esters is 1. The van der Waals surface area contributed by atoms with Crippen molar-refractivity contribution >= 4 is 13.8 Å². The molecule has 1 aliphatic rings. The van der Waals surface area contributed by atoms with Crippen molar-refractivity contribution in [2.75, 3.05) is 19.8 Å². The van der Waals surface area contributed by atoms with Crippen LogP contribution in [-0.4, -0.2) is 98.9 Å². The van der Waals surface area contributed by atoms with E-state index in [0.717, 1.165) is 57.8 Å². The molecule has 0 aliphatic heterocycles. The number of phosphoric acid groups is 1. The zero-order valence-electron chi connectivity index (χ0n) is 36.8. The zero-order valence-corrected chi connectivity index (χ0v) is 37.7. The molecule has 59 heavy (non-hydrogen) atoms. The number of allylic oxidation sites excluding steroid dienone is 6. The molecule has 6 N–H and O–H groups in total. The molecule has 12 nitrogen and oxygen atoms in total. The van der Waals surface area contributed by atoms with Gasteiger partial charge in [0.15, 0.2) is 0 Å². The van der Waals surface area contributed by atoms with E-state index in [2.05, 4.69) is 50.3 Å². The van der Waals surface area contributed by atoms with Gasteiger partial charge in [-0.25, -0.2) is 4.57 Å². The first-order valence-electron chi connectivity index (χ1n) is 23.3. The number of aliphatic hydroxyl groups is 5. The molecular weight excluding hydrogens is 775 g/mol. The number of hydrogen-bond acceptors (Lipinski definition) is 11. The van der Waals surface area contributed by atoms with Gasteiger partial charge in [-0.3, -0.25) is 13.8 Å². The molecule has 0 saturated heterocycles. The molecule has 0 radical (unpaired) electrons. The second-order valence-electron chi connectivity index (χ2n) is 16.2. The molecule has 6 unspecified atom stereocenters. The van der Waals surface area contributed by atoms with Gasteiger partial charge in [0, 0.05) is 13.0 Å². The van der Waals surface area contributed by atoms with Crippen molar-refractivity contribution in [3.63, 3.8) is 0 Å². The van der Waals surface area contributed by atoms with E-state index in [-0.39, 0.29) is 13.0 Å². The lowest BCUT2D eigenvalue weighted by molar-refractivity contribution is -0.220. The minimum atomic E-state index is -5.02. The van der Waals surface area contributed by atoms with Crippen molar-refractivity contribution in [1.29, 1.82) is 0 Å². The van der Waals surface area contributed by atoms with Gasteiger partial charge >= 0.3 is 13.8 Å². The van der Waals surface area contributed by atoms with Gasteiger partial charge in [-0.1, -0.05) is 172 Å². The summed E-state index contributed by atoms with van der Waals surface area (Å²) < 4.78 is 34.1. The lowest BCUT2D eigenvalue weighted by Crippen LogP contribution is -2.64. The maximum absolute atomic E-state index is 12.8. The second-order valence-corrected chi connectivity index (χ2v) is 17.6. The fourth-order valence-electron chi connectivity index (χ4n) is 7.08. The summed E-state index contributed by atoms with van der Waals surface area (Å²) >= 11 is 0. The molecule has 0 heterocycles. The minimum absolute atomic E-state index is 0.0861. The quantitative estimate of drug-likeness (QED) is 0.0149. The third-order valence-electron chi connectivity index (χ3n) is 10.8. The minimum Gasteiger partial charge on any atom is -0.457 e. The Morgan fingerprint density at radius 1 is 0.559 bits per heavy atom. The van der Waals surface area contributed by atoms with E-state index in [1.807, 2.05) is 0 Å². The Morgan fingerprint density at radius 2 is 1.00 bits per heavy atom. The summed E-state index contributed by atoms with van der Waals surface area (Å²) in [7, 11) is -5.02. The molecule has 6 atom stereocenters. The SMILES string of the molecule is CC/C=C\C/C=C\C/C=C\CCCCCC(=O)OC(COCCCCCCCCCCCCCCCCCCCCC)COP(=O)(O)OC1C(O)C(O)C(O)C(O)C1O. The molecule has 0 bridgehead atoms. The summed E-state index contributed by atoms with van der Waals surface area (Å²) in [6.45, 7) is 4.12. The maximum Gasteiger partial charge on any atom is 0.472 e. The molecule has 1 rings (SSSR count). The first-order valence-corrected chi connectivity index (χ1v) is 24.8. The number of rotatable bonds is 39. The van der Waals surface area contributed by atoms with Gasteiger partial charge in [0.05, 0.1) is 13.2 Å². The average Bonchev–Trinajstić information content (AvgIpc) is 3.22. The number of carbonyl (C=O) groups is 1. The number of carbonyl (C=O) groups excluding carboxylic acids is 1. The highest BCUT2D eigenvalue weighted by molar-refractivity contribution is 7.47. The Morgan fingerprint density at radius 3 is 1.51 bits per heavy atom. The monoisotopic (exact) mass is 861 g/mol. The van der Waals surface area contributed by atoms with Crippen molar-refractivity contribution in [2.24, 2.45) is 0 Å². The summed E-state index contributed by atoms with van der Waals surface area (Å²) in [5.41, 5.74) is 0. The highest BCUT2D eigenvalue weighted by Crippen LogP contribution is 2.47. The molecule has 0 spiro atoms. The summed E-state index contributed by atoms with van der Waals surface area (Å²) in [5.74, 6) is -0.504. The molecule has 1 saturated carbocycles. The van der Waals surface area contributed by atoms with Crippen LogP contribution in [0.2, 0.25) is 0 Å². The summed E-state index contributed by atoms with van der Waals surface area (Å²) in [6, 6.07) is 0.